The molecule has 3 heterocycles. The maximum absolute atomic E-state index is 12.9. The molecule has 5 aromatic rings. The van der Waals surface area contributed by atoms with Crippen molar-refractivity contribution in [3.63, 3.8) is 0 Å². The zero-order chi connectivity index (χ0) is 19.8. The molecule has 0 unspecified atom stereocenters. The van der Waals surface area contributed by atoms with Gasteiger partial charge in [-0.25, -0.2) is 9.67 Å². The summed E-state index contributed by atoms with van der Waals surface area (Å²) in [5.74, 6) is 0.726. The van der Waals surface area contributed by atoms with E-state index in [0.29, 0.717) is 27.8 Å². The Hall–Kier alpha value is -3.78. The van der Waals surface area contributed by atoms with Crippen LogP contribution in [0.1, 0.15) is 5.89 Å². The van der Waals surface area contributed by atoms with Crippen molar-refractivity contribution >= 4 is 22.6 Å². The molecule has 0 bridgehead atoms. The normalized spacial score (nSPS) is 11.2. The SMILES string of the molecule is O=c1c2cnn(-c3ccccc3)c2ncn1Cc1nc(-c2ccc(Cl)cc2)no1. The Morgan fingerprint density at radius 3 is 2.62 bits per heavy atom. The second-order valence-electron chi connectivity index (χ2n) is 6.33. The molecule has 0 saturated carbocycles. The molecule has 29 heavy (non-hydrogen) atoms. The number of rotatable bonds is 4. The predicted octanol–water partition coefficient (Wildman–Crippen LogP) is 3.33. The third kappa shape index (κ3) is 3.19. The van der Waals surface area contributed by atoms with Gasteiger partial charge in [-0.2, -0.15) is 10.1 Å². The van der Waals surface area contributed by atoms with Crippen LogP contribution in [0, 0.1) is 0 Å². The van der Waals surface area contributed by atoms with Gasteiger partial charge in [-0.1, -0.05) is 35.0 Å². The zero-order valence-electron chi connectivity index (χ0n) is 14.9. The summed E-state index contributed by atoms with van der Waals surface area (Å²) in [7, 11) is 0. The Labute approximate surface area is 169 Å². The van der Waals surface area contributed by atoms with Gasteiger partial charge in [-0.05, 0) is 36.4 Å². The molecule has 0 spiro atoms. The molecule has 8 nitrogen and oxygen atoms in total. The molecule has 142 valence electrons. The molecule has 2 aromatic carbocycles. The largest absolute Gasteiger partial charge is 0.337 e. The molecular formula is C20H13ClN6O2. The van der Waals surface area contributed by atoms with Gasteiger partial charge in [0.1, 0.15) is 18.3 Å². The highest BCUT2D eigenvalue weighted by Gasteiger charge is 2.14. The number of nitrogens with zero attached hydrogens (tertiary/aromatic N) is 6. The highest BCUT2D eigenvalue weighted by molar-refractivity contribution is 6.30. The van der Waals surface area contributed by atoms with Crippen LogP contribution < -0.4 is 5.56 Å². The number of para-hydroxylation sites is 1. The van der Waals surface area contributed by atoms with Crippen LogP contribution in [0.5, 0.6) is 0 Å². The Balaban J connectivity index is 1.47. The van der Waals surface area contributed by atoms with Crippen LogP contribution in [0.4, 0.5) is 0 Å². The fourth-order valence-corrected chi connectivity index (χ4v) is 3.13. The molecule has 0 saturated heterocycles. The van der Waals surface area contributed by atoms with E-state index in [-0.39, 0.29) is 12.1 Å². The fourth-order valence-electron chi connectivity index (χ4n) is 3.00. The molecule has 5 rings (SSSR count). The third-order valence-corrected chi connectivity index (χ3v) is 4.68. The second kappa shape index (κ2) is 6.99. The van der Waals surface area contributed by atoms with E-state index in [1.807, 2.05) is 30.3 Å². The van der Waals surface area contributed by atoms with Gasteiger partial charge in [0.15, 0.2) is 5.65 Å². The lowest BCUT2D eigenvalue weighted by atomic mass is 10.2. The number of benzene rings is 2. The highest BCUT2D eigenvalue weighted by Crippen LogP contribution is 2.19. The summed E-state index contributed by atoms with van der Waals surface area (Å²) in [5, 5.41) is 9.31. The van der Waals surface area contributed by atoms with Crippen LogP contribution in [0.15, 0.2) is 76.4 Å². The van der Waals surface area contributed by atoms with Crippen molar-refractivity contribution in [3.05, 3.63) is 88.4 Å². The van der Waals surface area contributed by atoms with Crippen LogP contribution in [0.25, 0.3) is 28.1 Å². The smallest absolute Gasteiger partial charge is 0.264 e. The zero-order valence-corrected chi connectivity index (χ0v) is 15.7. The Kier molecular flexibility index (Phi) is 4.18. The third-order valence-electron chi connectivity index (χ3n) is 4.43. The molecule has 3 aromatic heterocycles. The monoisotopic (exact) mass is 404 g/mol. The van der Waals surface area contributed by atoms with Gasteiger partial charge >= 0.3 is 0 Å². The average molecular weight is 405 g/mol. The summed E-state index contributed by atoms with van der Waals surface area (Å²) < 4.78 is 8.34. The van der Waals surface area contributed by atoms with Crippen molar-refractivity contribution in [2.75, 3.05) is 0 Å². The Bertz CT molecular complexity index is 1360. The maximum atomic E-state index is 12.9. The summed E-state index contributed by atoms with van der Waals surface area (Å²) in [4.78, 5) is 21.6. The summed E-state index contributed by atoms with van der Waals surface area (Å²) in [5.41, 5.74) is 1.86. The van der Waals surface area contributed by atoms with E-state index in [2.05, 4.69) is 20.2 Å². The first-order chi connectivity index (χ1) is 14.2. The number of hydrogen-bond donors (Lipinski definition) is 0. The van der Waals surface area contributed by atoms with Gasteiger partial charge in [0.05, 0.1) is 11.9 Å². The van der Waals surface area contributed by atoms with Crippen molar-refractivity contribution < 1.29 is 4.52 Å². The molecule has 0 N–H and O–H groups in total. The van der Waals surface area contributed by atoms with E-state index < -0.39 is 0 Å². The lowest BCUT2D eigenvalue weighted by Gasteiger charge is -2.04. The van der Waals surface area contributed by atoms with E-state index in [1.54, 1.807) is 28.9 Å². The summed E-state index contributed by atoms with van der Waals surface area (Å²) in [6.45, 7) is 0.110. The first-order valence-corrected chi connectivity index (χ1v) is 9.14. The molecule has 0 atom stereocenters. The molecule has 0 aliphatic heterocycles. The minimum atomic E-state index is -0.233. The van der Waals surface area contributed by atoms with Crippen molar-refractivity contribution in [1.82, 2.24) is 29.5 Å². The molecule has 0 amide bonds. The Morgan fingerprint density at radius 2 is 1.83 bits per heavy atom. The first-order valence-electron chi connectivity index (χ1n) is 8.76. The molecule has 0 aliphatic rings. The summed E-state index contributed by atoms with van der Waals surface area (Å²) in [6, 6.07) is 16.6. The van der Waals surface area contributed by atoms with E-state index >= 15 is 0 Å². The van der Waals surface area contributed by atoms with E-state index in [4.69, 9.17) is 16.1 Å². The minimum Gasteiger partial charge on any atom is -0.337 e. The van der Waals surface area contributed by atoms with Gasteiger partial charge in [-0.3, -0.25) is 9.36 Å². The molecule has 0 radical (unpaired) electrons. The van der Waals surface area contributed by atoms with Crippen molar-refractivity contribution in [2.45, 2.75) is 6.54 Å². The van der Waals surface area contributed by atoms with Crippen LogP contribution >= 0.6 is 11.6 Å². The van der Waals surface area contributed by atoms with Crippen molar-refractivity contribution in [2.24, 2.45) is 0 Å². The average Bonchev–Trinajstić information content (AvgIpc) is 3.39. The van der Waals surface area contributed by atoms with E-state index in [9.17, 15) is 4.79 Å². The quantitative estimate of drug-likeness (QED) is 0.456. The number of halogens is 1. The second-order valence-corrected chi connectivity index (χ2v) is 6.76. The van der Waals surface area contributed by atoms with Crippen LogP contribution in [-0.4, -0.2) is 29.5 Å². The lowest BCUT2D eigenvalue weighted by Crippen LogP contribution is -2.21. The predicted molar refractivity (Wildman–Crippen MR) is 107 cm³/mol. The molecule has 0 aliphatic carbocycles. The fraction of sp³-hybridized carbons (Fsp3) is 0.0500. The van der Waals surface area contributed by atoms with Gasteiger partial charge in [0.2, 0.25) is 11.7 Å². The molecule has 0 fully saturated rings. The summed E-state index contributed by atoms with van der Waals surface area (Å²) >= 11 is 5.90. The standard InChI is InChI=1S/C20H13ClN6O2/c21-14-8-6-13(7-9-14)18-24-17(29-25-18)11-26-12-22-19-16(20(26)28)10-23-27(19)15-4-2-1-3-5-15/h1-10,12H,11H2. The van der Waals surface area contributed by atoms with Crippen LogP contribution in [0.2, 0.25) is 5.02 Å². The van der Waals surface area contributed by atoms with Crippen molar-refractivity contribution in [1.29, 1.82) is 0 Å². The lowest BCUT2D eigenvalue weighted by molar-refractivity contribution is 0.369. The van der Waals surface area contributed by atoms with Crippen LogP contribution in [0.3, 0.4) is 0 Å². The minimum absolute atomic E-state index is 0.110. The molecule has 9 heteroatoms. The van der Waals surface area contributed by atoms with Gasteiger partial charge in [0.25, 0.3) is 5.56 Å². The van der Waals surface area contributed by atoms with Gasteiger partial charge in [0, 0.05) is 10.6 Å². The number of hydrogen-bond acceptors (Lipinski definition) is 6. The van der Waals surface area contributed by atoms with Crippen molar-refractivity contribution in [3.8, 4) is 17.1 Å². The maximum Gasteiger partial charge on any atom is 0.264 e. The number of aromatic nitrogens is 6. The molecular weight excluding hydrogens is 392 g/mol. The Morgan fingerprint density at radius 1 is 1.03 bits per heavy atom. The topological polar surface area (TPSA) is 91.6 Å². The first kappa shape index (κ1) is 17.3. The number of fused-ring (bicyclic) bond motifs is 1. The highest BCUT2D eigenvalue weighted by atomic mass is 35.5. The van der Waals surface area contributed by atoms with Crippen LogP contribution in [-0.2, 0) is 6.54 Å². The van der Waals surface area contributed by atoms with E-state index in [1.165, 1.54) is 17.1 Å². The van der Waals surface area contributed by atoms with Gasteiger partial charge in [-0.15, -0.1) is 0 Å². The summed E-state index contributed by atoms with van der Waals surface area (Å²) in [6.07, 6.45) is 2.97. The van der Waals surface area contributed by atoms with E-state index in [0.717, 1.165) is 11.3 Å². The van der Waals surface area contributed by atoms with Gasteiger partial charge < -0.3 is 4.52 Å².